The largest absolute Gasteiger partial charge is 0.493 e. The summed E-state index contributed by atoms with van der Waals surface area (Å²) in [6, 6.07) is 15.2. The Kier molecular flexibility index (Phi) is 8.13. The number of aryl methyl sites for hydroxylation is 1. The van der Waals surface area contributed by atoms with E-state index in [0.29, 0.717) is 0 Å². The quantitative estimate of drug-likeness (QED) is 0.319. The molecule has 0 saturated heterocycles. The molecule has 0 radical (unpaired) electrons. The van der Waals surface area contributed by atoms with Gasteiger partial charge in [0.05, 0.1) is 17.7 Å². The van der Waals surface area contributed by atoms with Crippen LogP contribution in [0.4, 0.5) is 0 Å². The number of rotatable bonds is 2. The van der Waals surface area contributed by atoms with Crippen LogP contribution in [0, 0.1) is 13.8 Å². The molecule has 1 aliphatic rings. The minimum atomic E-state index is -0.500. The Morgan fingerprint density at radius 2 is 1.66 bits per heavy atom. The van der Waals surface area contributed by atoms with E-state index in [4.69, 9.17) is 24.7 Å². The second-order valence-corrected chi connectivity index (χ2v) is 9.68. The zero-order valence-electron chi connectivity index (χ0n) is 21.5. The minimum Gasteiger partial charge on any atom is -0.493 e. The molecule has 1 aliphatic heterocycles. The Morgan fingerprint density at radius 1 is 1.03 bits per heavy atom. The number of fused-ring (bicyclic) bond motifs is 1. The predicted octanol–water partition coefficient (Wildman–Crippen LogP) is 6.65. The summed E-state index contributed by atoms with van der Waals surface area (Å²) in [7, 11) is 0. The minimum absolute atomic E-state index is 0.250. The number of carbonyl (C=O) groups is 1. The smallest absolute Gasteiger partial charge is 0.290 e. The Bertz CT molecular complexity index is 1340. The van der Waals surface area contributed by atoms with E-state index in [1.807, 2.05) is 6.20 Å². The summed E-state index contributed by atoms with van der Waals surface area (Å²) < 4.78 is 5.93. The fourth-order valence-corrected chi connectivity index (χ4v) is 4.66. The van der Waals surface area contributed by atoms with Gasteiger partial charge >= 0.3 is 0 Å². The maximum absolute atomic E-state index is 8.52. The normalized spacial score (nSPS) is 12.2. The SMILES string of the molecule is CC(C)(C)O.CCc1c(C)c(C)c2ccccc2c1-c1ccc2c3c(ccnc13)CCO2.O=CO. The van der Waals surface area contributed by atoms with Crippen molar-refractivity contribution in [3.8, 4) is 16.9 Å². The van der Waals surface area contributed by atoms with Crippen molar-refractivity contribution in [3.63, 3.8) is 0 Å². The third kappa shape index (κ3) is 5.63. The van der Waals surface area contributed by atoms with Crippen LogP contribution in [0.2, 0.25) is 0 Å². The molecule has 0 aliphatic carbocycles. The molecule has 0 atom stereocenters. The van der Waals surface area contributed by atoms with Crippen molar-refractivity contribution >= 4 is 28.1 Å². The average molecular weight is 474 g/mol. The van der Waals surface area contributed by atoms with Gasteiger partial charge < -0.3 is 14.9 Å². The molecule has 0 saturated carbocycles. The van der Waals surface area contributed by atoms with Crippen LogP contribution in [0.25, 0.3) is 32.8 Å². The van der Waals surface area contributed by atoms with Gasteiger partial charge in [0.15, 0.2) is 0 Å². The Morgan fingerprint density at radius 3 is 2.29 bits per heavy atom. The van der Waals surface area contributed by atoms with Crippen LogP contribution >= 0.6 is 0 Å². The number of aromatic nitrogens is 1. The van der Waals surface area contributed by atoms with Crippen LogP contribution in [0.1, 0.15) is 49.9 Å². The van der Waals surface area contributed by atoms with Gasteiger partial charge in [-0.15, -0.1) is 0 Å². The molecule has 5 nitrogen and oxygen atoms in total. The molecule has 35 heavy (non-hydrogen) atoms. The molecule has 0 bridgehead atoms. The lowest BCUT2D eigenvalue weighted by Crippen LogP contribution is -2.10. The first-order chi connectivity index (χ1) is 16.6. The third-order valence-corrected chi connectivity index (χ3v) is 6.11. The summed E-state index contributed by atoms with van der Waals surface area (Å²) in [5, 5.41) is 19.2. The van der Waals surface area contributed by atoms with Crippen molar-refractivity contribution in [3.05, 3.63) is 70.9 Å². The monoisotopic (exact) mass is 473 g/mol. The molecule has 2 N–H and O–H groups in total. The molecule has 3 aromatic carbocycles. The second-order valence-electron chi connectivity index (χ2n) is 9.68. The number of aliphatic hydroxyl groups is 1. The highest BCUT2D eigenvalue weighted by atomic mass is 16.5. The van der Waals surface area contributed by atoms with Gasteiger partial charge in [-0.3, -0.25) is 9.78 Å². The van der Waals surface area contributed by atoms with Gasteiger partial charge in [-0.1, -0.05) is 31.2 Å². The van der Waals surface area contributed by atoms with E-state index in [2.05, 4.69) is 63.2 Å². The standard InChI is InChI=1S/C25H23NO.C4H10O.CH2O2/c1-4-18-15(2)16(3)19-7-5-6-8-20(19)24(18)21-9-10-22-23-17(12-14-27-22)11-13-26-25(21)23;1-4(2,3)5;2-1-3/h5-11,13H,4,12,14H2,1-3H3;5H,1-3H3;1H,(H,2,3). The Hall–Kier alpha value is -3.44. The van der Waals surface area contributed by atoms with Gasteiger partial charge in [-0.25, -0.2) is 0 Å². The van der Waals surface area contributed by atoms with Crippen molar-refractivity contribution in [1.29, 1.82) is 0 Å². The number of nitrogens with zero attached hydrogens (tertiary/aromatic N) is 1. The van der Waals surface area contributed by atoms with E-state index < -0.39 is 5.60 Å². The molecule has 2 heterocycles. The summed E-state index contributed by atoms with van der Waals surface area (Å²) in [4.78, 5) is 13.2. The van der Waals surface area contributed by atoms with Crippen molar-refractivity contribution in [2.45, 2.75) is 60.0 Å². The van der Waals surface area contributed by atoms with Crippen molar-refractivity contribution in [2.75, 3.05) is 6.61 Å². The summed E-state index contributed by atoms with van der Waals surface area (Å²) in [6.45, 7) is 12.5. The molecule has 4 aromatic rings. The van der Waals surface area contributed by atoms with Crippen molar-refractivity contribution in [2.24, 2.45) is 0 Å². The zero-order chi connectivity index (χ0) is 25.8. The van der Waals surface area contributed by atoms with Crippen molar-refractivity contribution < 1.29 is 19.7 Å². The Balaban J connectivity index is 0.000000377. The topological polar surface area (TPSA) is 79.7 Å². The molecular weight excluding hydrogens is 438 g/mol. The van der Waals surface area contributed by atoms with Crippen LogP contribution in [-0.2, 0) is 17.6 Å². The number of pyridine rings is 1. The molecule has 184 valence electrons. The zero-order valence-corrected chi connectivity index (χ0v) is 21.5. The molecule has 1 aromatic heterocycles. The highest BCUT2D eigenvalue weighted by molar-refractivity contribution is 6.08. The molecule has 0 unspecified atom stereocenters. The van der Waals surface area contributed by atoms with Crippen LogP contribution in [0.5, 0.6) is 5.75 Å². The second kappa shape index (κ2) is 10.9. The van der Waals surface area contributed by atoms with Gasteiger partial charge in [0.25, 0.3) is 6.47 Å². The van der Waals surface area contributed by atoms with Gasteiger partial charge in [0.1, 0.15) is 5.75 Å². The first-order valence-corrected chi connectivity index (χ1v) is 12.0. The van der Waals surface area contributed by atoms with Crippen LogP contribution < -0.4 is 4.74 Å². The van der Waals surface area contributed by atoms with Gasteiger partial charge in [0.2, 0.25) is 0 Å². The molecule has 5 rings (SSSR count). The number of benzene rings is 3. The first-order valence-electron chi connectivity index (χ1n) is 12.0. The lowest BCUT2D eigenvalue weighted by Gasteiger charge is -2.22. The van der Waals surface area contributed by atoms with E-state index in [0.717, 1.165) is 30.7 Å². The van der Waals surface area contributed by atoms with Crippen LogP contribution in [0.3, 0.4) is 0 Å². The summed E-state index contributed by atoms with van der Waals surface area (Å²) in [6.07, 6.45) is 3.90. The predicted molar refractivity (Wildman–Crippen MR) is 143 cm³/mol. The number of ether oxygens (including phenoxy) is 1. The van der Waals surface area contributed by atoms with E-state index >= 15 is 0 Å². The molecular formula is C30H35NO4. The molecule has 0 spiro atoms. The Labute approximate surface area is 207 Å². The molecule has 0 amide bonds. The van der Waals surface area contributed by atoms with E-state index in [-0.39, 0.29) is 6.47 Å². The summed E-state index contributed by atoms with van der Waals surface area (Å²) >= 11 is 0. The van der Waals surface area contributed by atoms with Gasteiger partial charge in [0, 0.05) is 23.6 Å². The highest BCUT2D eigenvalue weighted by Gasteiger charge is 2.21. The van der Waals surface area contributed by atoms with Crippen LogP contribution in [-0.4, -0.2) is 33.9 Å². The van der Waals surface area contributed by atoms with Crippen molar-refractivity contribution in [1.82, 2.24) is 4.98 Å². The van der Waals surface area contributed by atoms with Gasteiger partial charge in [-0.05, 0) is 97.8 Å². The number of hydrogen-bond acceptors (Lipinski definition) is 4. The van der Waals surface area contributed by atoms with E-state index in [9.17, 15) is 0 Å². The molecule has 5 heteroatoms. The summed E-state index contributed by atoms with van der Waals surface area (Å²) in [5.41, 5.74) is 8.65. The average Bonchev–Trinajstić information content (AvgIpc) is 2.82. The molecule has 0 fully saturated rings. The maximum Gasteiger partial charge on any atom is 0.290 e. The third-order valence-electron chi connectivity index (χ3n) is 6.11. The van der Waals surface area contributed by atoms with Crippen LogP contribution in [0.15, 0.2) is 48.7 Å². The van der Waals surface area contributed by atoms with Gasteiger partial charge in [-0.2, -0.15) is 0 Å². The fraction of sp³-hybridized carbons (Fsp3) is 0.333. The fourth-order valence-electron chi connectivity index (χ4n) is 4.66. The van der Waals surface area contributed by atoms with E-state index in [1.165, 1.54) is 49.5 Å². The number of carboxylic acid groups (broad SMARTS) is 1. The lowest BCUT2D eigenvalue weighted by molar-refractivity contribution is -0.122. The summed E-state index contributed by atoms with van der Waals surface area (Å²) in [5.74, 6) is 0.967. The number of hydrogen-bond donors (Lipinski definition) is 2. The first kappa shape index (κ1) is 26.2. The maximum atomic E-state index is 8.52. The lowest BCUT2D eigenvalue weighted by atomic mass is 9.84. The van der Waals surface area contributed by atoms with E-state index in [1.54, 1.807) is 20.8 Å². The highest BCUT2D eigenvalue weighted by Crippen LogP contribution is 2.43.